The summed E-state index contributed by atoms with van der Waals surface area (Å²) in [6.45, 7) is 0.233. The number of nitrogens with one attached hydrogen (secondary N) is 1. The van der Waals surface area contributed by atoms with Gasteiger partial charge in [-0.25, -0.2) is 0 Å². The molecular formula is C18H18ClNO5. The van der Waals surface area contributed by atoms with Gasteiger partial charge in [-0.1, -0.05) is 17.7 Å². The van der Waals surface area contributed by atoms with E-state index >= 15 is 0 Å². The Morgan fingerprint density at radius 2 is 1.88 bits per heavy atom. The summed E-state index contributed by atoms with van der Waals surface area (Å²) < 4.78 is 21.0. The Hall–Kier alpha value is -2.60. The molecule has 1 aliphatic heterocycles. The third kappa shape index (κ3) is 3.91. The SMILES string of the molecule is COc1cc(OC)c(NC(=O)CCc2ccc3c(c2)OCO3)cc1Cl. The molecule has 0 fully saturated rings. The zero-order valence-corrected chi connectivity index (χ0v) is 14.7. The third-order valence-corrected chi connectivity index (χ3v) is 4.12. The number of carbonyl (C=O) groups excluding carboxylic acids is 1. The second-order valence-electron chi connectivity index (χ2n) is 5.42. The van der Waals surface area contributed by atoms with E-state index in [9.17, 15) is 4.79 Å². The number of halogens is 1. The van der Waals surface area contributed by atoms with Crippen molar-refractivity contribution in [2.45, 2.75) is 12.8 Å². The highest BCUT2D eigenvalue weighted by Crippen LogP contribution is 2.36. The molecule has 1 heterocycles. The number of ether oxygens (including phenoxy) is 4. The van der Waals surface area contributed by atoms with Gasteiger partial charge in [-0.2, -0.15) is 0 Å². The van der Waals surface area contributed by atoms with Gasteiger partial charge >= 0.3 is 0 Å². The van der Waals surface area contributed by atoms with Gasteiger partial charge in [0.15, 0.2) is 11.5 Å². The van der Waals surface area contributed by atoms with Gasteiger partial charge in [0.05, 0.1) is 24.9 Å². The van der Waals surface area contributed by atoms with Crippen molar-refractivity contribution in [3.63, 3.8) is 0 Å². The zero-order valence-electron chi connectivity index (χ0n) is 13.9. The van der Waals surface area contributed by atoms with Crippen LogP contribution in [0, 0.1) is 0 Å². The number of hydrogen-bond acceptors (Lipinski definition) is 5. The van der Waals surface area contributed by atoms with Crippen LogP contribution in [0.2, 0.25) is 5.02 Å². The highest BCUT2D eigenvalue weighted by molar-refractivity contribution is 6.32. The van der Waals surface area contributed by atoms with E-state index in [0.717, 1.165) is 11.3 Å². The first kappa shape index (κ1) is 17.2. The number of methoxy groups -OCH3 is 2. The largest absolute Gasteiger partial charge is 0.495 e. The maximum absolute atomic E-state index is 12.3. The number of amides is 1. The number of fused-ring (bicyclic) bond motifs is 1. The van der Waals surface area contributed by atoms with E-state index in [1.54, 1.807) is 12.1 Å². The second-order valence-corrected chi connectivity index (χ2v) is 5.83. The van der Waals surface area contributed by atoms with Crippen LogP contribution in [0.4, 0.5) is 5.69 Å². The van der Waals surface area contributed by atoms with Crippen LogP contribution in [0.25, 0.3) is 0 Å². The maximum atomic E-state index is 12.3. The van der Waals surface area contributed by atoms with Crippen molar-refractivity contribution in [3.05, 3.63) is 40.9 Å². The number of carbonyl (C=O) groups is 1. The van der Waals surface area contributed by atoms with E-state index in [0.29, 0.717) is 40.8 Å². The maximum Gasteiger partial charge on any atom is 0.231 e. The lowest BCUT2D eigenvalue weighted by Gasteiger charge is -2.13. The van der Waals surface area contributed by atoms with Gasteiger partial charge in [0.25, 0.3) is 0 Å². The van der Waals surface area contributed by atoms with Gasteiger partial charge in [0, 0.05) is 12.5 Å². The molecule has 25 heavy (non-hydrogen) atoms. The average molecular weight is 364 g/mol. The van der Waals surface area contributed by atoms with Crippen molar-refractivity contribution in [1.82, 2.24) is 0 Å². The second kappa shape index (κ2) is 7.53. The molecule has 7 heteroatoms. The van der Waals surface area contributed by atoms with Gasteiger partial charge in [-0.15, -0.1) is 0 Å². The monoisotopic (exact) mass is 363 g/mol. The summed E-state index contributed by atoms with van der Waals surface area (Å²) >= 11 is 6.11. The van der Waals surface area contributed by atoms with E-state index in [1.165, 1.54) is 14.2 Å². The molecule has 0 saturated heterocycles. The topological polar surface area (TPSA) is 66.0 Å². The fourth-order valence-electron chi connectivity index (χ4n) is 2.52. The van der Waals surface area contributed by atoms with Gasteiger partial charge < -0.3 is 24.3 Å². The van der Waals surface area contributed by atoms with Crippen molar-refractivity contribution in [2.75, 3.05) is 26.3 Å². The lowest BCUT2D eigenvalue weighted by Crippen LogP contribution is -2.13. The number of anilines is 1. The van der Waals surface area contributed by atoms with E-state index in [2.05, 4.69) is 5.32 Å². The molecular weight excluding hydrogens is 346 g/mol. The first-order chi connectivity index (χ1) is 12.1. The molecule has 3 rings (SSSR count). The lowest BCUT2D eigenvalue weighted by atomic mass is 10.1. The molecule has 132 valence electrons. The van der Waals surface area contributed by atoms with E-state index < -0.39 is 0 Å². The summed E-state index contributed by atoms with van der Waals surface area (Å²) in [6.07, 6.45) is 0.890. The van der Waals surface area contributed by atoms with Gasteiger partial charge in [0.1, 0.15) is 11.5 Å². The van der Waals surface area contributed by atoms with Crippen molar-refractivity contribution in [1.29, 1.82) is 0 Å². The minimum atomic E-state index is -0.141. The van der Waals surface area contributed by atoms with Crippen LogP contribution in [0.5, 0.6) is 23.0 Å². The quantitative estimate of drug-likeness (QED) is 0.848. The molecule has 1 amide bonds. The van der Waals surface area contributed by atoms with Crippen LogP contribution >= 0.6 is 11.6 Å². The molecule has 6 nitrogen and oxygen atoms in total. The summed E-state index contributed by atoms with van der Waals surface area (Å²) in [6, 6.07) is 8.90. The summed E-state index contributed by atoms with van der Waals surface area (Å²) in [5, 5.41) is 3.21. The Bertz CT molecular complexity index is 793. The van der Waals surface area contributed by atoms with Gasteiger partial charge in [0.2, 0.25) is 12.7 Å². The lowest BCUT2D eigenvalue weighted by molar-refractivity contribution is -0.116. The van der Waals surface area contributed by atoms with Crippen LogP contribution in [-0.2, 0) is 11.2 Å². The van der Waals surface area contributed by atoms with Gasteiger partial charge in [-0.05, 0) is 30.2 Å². The molecule has 0 atom stereocenters. The fraction of sp³-hybridized carbons (Fsp3) is 0.278. The number of benzene rings is 2. The molecule has 0 bridgehead atoms. The number of hydrogen-bond donors (Lipinski definition) is 1. The van der Waals surface area contributed by atoms with Crippen LogP contribution < -0.4 is 24.3 Å². The Kier molecular flexibility index (Phi) is 5.19. The average Bonchev–Trinajstić information content (AvgIpc) is 3.08. The Morgan fingerprint density at radius 3 is 2.64 bits per heavy atom. The van der Waals surface area contributed by atoms with E-state index in [-0.39, 0.29) is 12.7 Å². The molecule has 2 aromatic carbocycles. The smallest absolute Gasteiger partial charge is 0.231 e. The predicted octanol–water partition coefficient (Wildman–Crippen LogP) is 3.66. The summed E-state index contributed by atoms with van der Waals surface area (Å²) in [5.74, 6) is 2.26. The summed E-state index contributed by atoms with van der Waals surface area (Å²) in [5.41, 5.74) is 1.50. The molecule has 0 aromatic heterocycles. The minimum absolute atomic E-state index is 0.141. The normalized spacial score (nSPS) is 12.0. The zero-order chi connectivity index (χ0) is 17.8. The van der Waals surface area contributed by atoms with Crippen molar-refractivity contribution < 1.29 is 23.7 Å². The Balaban J connectivity index is 1.64. The van der Waals surface area contributed by atoms with E-state index in [4.69, 9.17) is 30.5 Å². The molecule has 0 radical (unpaired) electrons. The van der Waals surface area contributed by atoms with Crippen LogP contribution in [-0.4, -0.2) is 26.9 Å². The van der Waals surface area contributed by atoms with Crippen LogP contribution in [0.15, 0.2) is 30.3 Å². The highest BCUT2D eigenvalue weighted by atomic mass is 35.5. The van der Waals surface area contributed by atoms with Crippen molar-refractivity contribution in [3.8, 4) is 23.0 Å². The van der Waals surface area contributed by atoms with Gasteiger partial charge in [-0.3, -0.25) is 4.79 Å². The van der Waals surface area contributed by atoms with Crippen molar-refractivity contribution in [2.24, 2.45) is 0 Å². The van der Waals surface area contributed by atoms with Crippen LogP contribution in [0.3, 0.4) is 0 Å². The first-order valence-corrected chi connectivity index (χ1v) is 8.08. The fourth-order valence-corrected chi connectivity index (χ4v) is 2.77. The number of rotatable bonds is 6. The Labute approximate surface area is 150 Å². The predicted molar refractivity (Wildman–Crippen MR) is 94.1 cm³/mol. The molecule has 0 unspecified atom stereocenters. The summed E-state index contributed by atoms with van der Waals surface area (Å²) in [4.78, 5) is 12.3. The molecule has 2 aromatic rings. The number of aryl methyl sites for hydroxylation is 1. The molecule has 1 aliphatic rings. The van der Waals surface area contributed by atoms with E-state index in [1.807, 2.05) is 18.2 Å². The van der Waals surface area contributed by atoms with Crippen LogP contribution in [0.1, 0.15) is 12.0 Å². The Morgan fingerprint density at radius 1 is 1.12 bits per heavy atom. The standard InChI is InChI=1S/C18H18ClNO5/c1-22-15-9-16(23-2)13(8-12(15)19)20-18(21)6-4-11-3-5-14-17(7-11)25-10-24-14/h3,5,7-9H,4,6,10H2,1-2H3,(H,20,21). The molecule has 0 spiro atoms. The first-order valence-electron chi connectivity index (χ1n) is 7.70. The van der Waals surface area contributed by atoms with Crippen molar-refractivity contribution >= 4 is 23.2 Å². The summed E-state index contributed by atoms with van der Waals surface area (Å²) in [7, 11) is 3.04. The molecule has 0 aliphatic carbocycles. The molecule has 1 N–H and O–H groups in total. The minimum Gasteiger partial charge on any atom is -0.495 e. The highest BCUT2D eigenvalue weighted by Gasteiger charge is 2.15. The molecule has 0 saturated carbocycles. The third-order valence-electron chi connectivity index (χ3n) is 3.83.